The van der Waals surface area contributed by atoms with Crippen LogP contribution < -0.4 is 15.4 Å². The number of aromatic amines is 1. The first-order valence-corrected chi connectivity index (χ1v) is 11.3. The SMILES string of the molecule is Cc1ccc(Oc2ccc(Nc3ncnc4cc(CNC(=O)C=CCN(C)C)[nH]c34)cc2C)cn1. The average molecular weight is 472 g/mol. The van der Waals surface area contributed by atoms with E-state index in [1.807, 2.05) is 75.3 Å². The maximum Gasteiger partial charge on any atom is 0.244 e. The van der Waals surface area contributed by atoms with Gasteiger partial charge in [-0.1, -0.05) is 6.08 Å². The fourth-order valence-corrected chi connectivity index (χ4v) is 3.42. The number of nitrogens with one attached hydrogen (secondary N) is 3. The molecule has 0 radical (unpaired) electrons. The molecule has 0 saturated heterocycles. The number of benzene rings is 1. The molecular weight excluding hydrogens is 442 g/mol. The van der Waals surface area contributed by atoms with E-state index in [-0.39, 0.29) is 5.91 Å². The van der Waals surface area contributed by atoms with E-state index in [1.165, 1.54) is 6.33 Å². The van der Waals surface area contributed by atoms with Gasteiger partial charge in [0.2, 0.25) is 5.91 Å². The highest BCUT2D eigenvalue weighted by Crippen LogP contribution is 2.29. The third-order valence-corrected chi connectivity index (χ3v) is 5.22. The molecule has 3 aromatic heterocycles. The lowest BCUT2D eigenvalue weighted by molar-refractivity contribution is -0.116. The van der Waals surface area contributed by atoms with Crippen molar-refractivity contribution in [1.82, 2.24) is 30.2 Å². The maximum absolute atomic E-state index is 12.0. The van der Waals surface area contributed by atoms with E-state index in [2.05, 4.69) is 30.6 Å². The highest BCUT2D eigenvalue weighted by atomic mass is 16.5. The number of hydrogen-bond acceptors (Lipinski definition) is 7. The summed E-state index contributed by atoms with van der Waals surface area (Å²) in [6.45, 7) is 4.99. The minimum absolute atomic E-state index is 0.144. The number of pyridine rings is 1. The molecule has 1 aromatic carbocycles. The highest BCUT2D eigenvalue weighted by molar-refractivity contribution is 5.89. The largest absolute Gasteiger partial charge is 0.455 e. The van der Waals surface area contributed by atoms with Crippen LogP contribution in [0.3, 0.4) is 0 Å². The molecule has 4 rings (SSSR count). The van der Waals surface area contributed by atoms with Crippen LogP contribution in [0.15, 0.2) is 61.1 Å². The summed E-state index contributed by atoms with van der Waals surface area (Å²) in [6.07, 6.45) is 6.59. The number of nitrogens with zero attached hydrogens (tertiary/aromatic N) is 4. The molecule has 180 valence electrons. The fraction of sp³-hybridized carbons (Fsp3) is 0.231. The minimum Gasteiger partial charge on any atom is -0.455 e. The molecular formula is C26H29N7O2. The van der Waals surface area contributed by atoms with Crippen molar-refractivity contribution >= 4 is 28.4 Å². The van der Waals surface area contributed by atoms with Crippen LogP contribution in [0, 0.1) is 13.8 Å². The van der Waals surface area contributed by atoms with Crippen molar-refractivity contribution in [2.75, 3.05) is 26.0 Å². The summed E-state index contributed by atoms with van der Waals surface area (Å²) in [4.78, 5) is 30.3. The molecule has 3 heterocycles. The van der Waals surface area contributed by atoms with Crippen LogP contribution in [0.25, 0.3) is 11.0 Å². The van der Waals surface area contributed by atoms with E-state index in [0.717, 1.165) is 39.4 Å². The standard InChI is InChI=1S/C26H29N7O2/c1-17-12-19(8-10-23(17)35-21-9-7-18(2)27-15-21)32-26-25-22(29-16-30-26)13-20(31-25)14-28-24(34)6-5-11-33(3)4/h5-10,12-13,15-16,31H,11,14H2,1-4H3,(H,28,34)(H,29,30,32). The van der Waals surface area contributed by atoms with E-state index < -0.39 is 0 Å². The molecule has 0 unspecified atom stereocenters. The number of fused-ring (bicyclic) bond motifs is 1. The molecule has 0 saturated carbocycles. The van der Waals surface area contributed by atoms with E-state index in [1.54, 1.807) is 12.3 Å². The Morgan fingerprint density at radius 3 is 2.71 bits per heavy atom. The first-order valence-electron chi connectivity index (χ1n) is 11.3. The third kappa shape index (κ3) is 6.42. The summed E-state index contributed by atoms with van der Waals surface area (Å²) < 4.78 is 5.96. The van der Waals surface area contributed by atoms with Crippen molar-refractivity contribution < 1.29 is 9.53 Å². The van der Waals surface area contributed by atoms with Crippen molar-refractivity contribution in [3.05, 3.63) is 78.0 Å². The van der Waals surface area contributed by atoms with E-state index in [0.29, 0.717) is 24.7 Å². The summed E-state index contributed by atoms with van der Waals surface area (Å²) in [5.74, 6) is 1.95. The van der Waals surface area contributed by atoms with Crippen LogP contribution in [0.4, 0.5) is 11.5 Å². The fourth-order valence-electron chi connectivity index (χ4n) is 3.42. The lowest BCUT2D eigenvalue weighted by Crippen LogP contribution is -2.21. The second-order valence-electron chi connectivity index (χ2n) is 8.50. The van der Waals surface area contributed by atoms with Gasteiger partial charge >= 0.3 is 0 Å². The molecule has 9 heteroatoms. The number of hydrogen-bond donors (Lipinski definition) is 3. The van der Waals surface area contributed by atoms with E-state index in [9.17, 15) is 4.79 Å². The van der Waals surface area contributed by atoms with Crippen LogP contribution in [-0.2, 0) is 11.3 Å². The monoisotopic (exact) mass is 471 g/mol. The van der Waals surface area contributed by atoms with Gasteiger partial charge in [0.15, 0.2) is 5.82 Å². The Morgan fingerprint density at radius 2 is 1.97 bits per heavy atom. The Bertz CT molecular complexity index is 1340. The number of aryl methyl sites for hydroxylation is 2. The minimum atomic E-state index is -0.144. The predicted octanol–water partition coefficient (Wildman–Crippen LogP) is 4.24. The summed E-state index contributed by atoms with van der Waals surface area (Å²) in [7, 11) is 3.90. The third-order valence-electron chi connectivity index (χ3n) is 5.22. The molecule has 3 N–H and O–H groups in total. The number of likely N-dealkylation sites (N-methyl/N-ethyl adjacent to an activating group) is 1. The zero-order valence-electron chi connectivity index (χ0n) is 20.3. The van der Waals surface area contributed by atoms with Gasteiger partial charge in [-0.25, -0.2) is 9.97 Å². The number of carbonyl (C=O) groups excluding carboxylic acids is 1. The quantitative estimate of drug-likeness (QED) is 0.313. The summed E-state index contributed by atoms with van der Waals surface area (Å²) in [5.41, 5.74) is 5.15. The van der Waals surface area contributed by atoms with Gasteiger partial charge in [0, 0.05) is 29.7 Å². The summed E-state index contributed by atoms with van der Waals surface area (Å²) >= 11 is 0. The molecule has 0 aliphatic rings. The van der Waals surface area contributed by atoms with Crippen molar-refractivity contribution in [2.45, 2.75) is 20.4 Å². The first kappa shape index (κ1) is 23.9. The number of rotatable bonds is 9. The zero-order chi connectivity index (χ0) is 24.8. The van der Waals surface area contributed by atoms with Crippen molar-refractivity contribution in [3.8, 4) is 11.5 Å². The molecule has 35 heavy (non-hydrogen) atoms. The van der Waals surface area contributed by atoms with Gasteiger partial charge in [-0.2, -0.15) is 0 Å². The lowest BCUT2D eigenvalue weighted by atomic mass is 10.2. The first-order chi connectivity index (χ1) is 16.9. The Kier molecular flexibility index (Phi) is 7.37. The zero-order valence-corrected chi connectivity index (χ0v) is 20.3. The van der Waals surface area contributed by atoms with Crippen molar-refractivity contribution in [2.24, 2.45) is 0 Å². The van der Waals surface area contributed by atoms with Crippen LogP contribution in [-0.4, -0.2) is 51.4 Å². The van der Waals surface area contributed by atoms with Gasteiger partial charge in [0.05, 0.1) is 18.3 Å². The molecule has 0 aliphatic heterocycles. The second kappa shape index (κ2) is 10.8. The van der Waals surface area contributed by atoms with Crippen molar-refractivity contribution in [3.63, 3.8) is 0 Å². The Hall–Kier alpha value is -4.24. The van der Waals surface area contributed by atoms with E-state index >= 15 is 0 Å². The number of amides is 1. The second-order valence-corrected chi connectivity index (χ2v) is 8.50. The molecule has 9 nitrogen and oxygen atoms in total. The number of carbonyl (C=O) groups is 1. The normalized spacial score (nSPS) is 11.3. The topological polar surface area (TPSA) is 108 Å². The van der Waals surface area contributed by atoms with Gasteiger partial charge in [-0.15, -0.1) is 0 Å². The van der Waals surface area contributed by atoms with Gasteiger partial charge in [-0.05, 0) is 69.9 Å². The van der Waals surface area contributed by atoms with Crippen LogP contribution in [0.2, 0.25) is 0 Å². The Morgan fingerprint density at radius 1 is 1.11 bits per heavy atom. The predicted molar refractivity (Wildman–Crippen MR) is 137 cm³/mol. The Balaban J connectivity index is 1.44. The molecule has 0 aliphatic carbocycles. The molecule has 4 aromatic rings. The van der Waals surface area contributed by atoms with Crippen LogP contribution in [0.5, 0.6) is 11.5 Å². The van der Waals surface area contributed by atoms with Gasteiger partial charge in [-0.3, -0.25) is 9.78 Å². The number of aromatic nitrogens is 4. The number of H-pyrrole nitrogens is 1. The Labute approximate surface area is 204 Å². The lowest BCUT2D eigenvalue weighted by Gasteiger charge is -2.12. The van der Waals surface area contributed by atoms with Gasteiger partial charge in [0.25, 0.3) is 0 Å². The smallest absolute Gasteiger partial charge is 0.244 e. The molecule has 1 amide bonds. The van der Waals surface area contributed by atoms with Crippen LogP contribution >= 0.6 is 0 Å². The number of anilines is 2. The van der Waals surface area contributed by atoms with Gasteiger partial charge < -0.3 is 25.3 Å². The highest BCUT2D eigenvalue weighted by Gasteiger charge is 2.10. The molecule has 0 bridgehead atoms. The van der Waals surface area contributed by atoms with E-state index in [4.69, 9.17) is 4.74 Å². The molecule has 0 fully saturated rings. The van der Waals surface area contributed by atoms with Crippen LogP contribution in [0.1, 0.15) is 17.0 Å². The number of ether oxygens (including phenoxy) is 1. The maximum atomic E-state index is 12.0. The van der Waals surface area contributed by atoms with Gasteiger partial charge in [0.1, 0.15) is 23.3 Å². The molecule has 0 spiro atoms. The average Bonchev–Trinajstić information content (AvgIpc) is 3.25. The summed E-state index contributed by atoms with van der Waals surface area (Å²) in [5, 5.41) is 6.23. The summed E-state index contributed by atoms with van der Waals surface area (Å²) in [6, 6.07) is 11.6. The van der Waals surface area contributed by atoms with Crippen molar-refractivity contribution in [1.29, 1.82) is 0 Å². The molecule has 0 atom stereocenters.